The van der Waals surface area contributed by atoms with Crippen molar-refractivity contribution in [3.63, 3.8) is 0 Å². The molecule has 0 unspecified atom stereocenters. The molecule has 0 atom stereocenters. The van der Waals surface area contributed by atoms with Crippen LogP contribution >= 0.6 is 0 Å². The summed E-state index contributed by atoms with van der Waals surface area (Å²) >= 11 is 0. The van der Waals surface area contributed by atoms with E-state index in [1.807, 2.05) is 31.2 Å². The van der Waals surface area contributed by atoms with Gasteiger partial charge in [0.25, 0.3) is 0 Å². The molecule has 22 heavy (non-hydrogen) atoms. The van der Waals surface area contributed by atoms with Crippen LogP contribution in [0.25, 0.3) is 0 Å². The lowest BCUT2D eigenvalue weighted by molar-refractivity contribution is -0.130. The van der Waals surface area contributed by atoms with Crippen LogP contribution in [0, 0.1) is 6.92 Å². The van der Waals surface area contributed by atoms with Crippen molar-refractivity contribution in [3.8, 4) is 0 Å². The van der Waals surface area contributed by atoms with Crippen molar-refractivity contribution in [2.75, 3.05) is 33.8 Å². The van der Waals surface area contributed by atoms with E-state index in [2.05, 4.69) is 5.32 Å². The lowest BCUT2D eigenvalue weighted by atomic mass is 10.1. The third-order valence-corrected chi connectivity index (χ3v) is 3.23. The first-order valence-electron chi connectivity index (χ1n) is 7.33. The van der Waals surface area contributed by atoms with Gasteiger partial charge < -0.3 is 20.2 Å². The largest absolute Gasteiger partial charge is 0.396 e. The van der Waals surface area contributed by atoms with Gasteiger partial charge in [0.05, 0.1) is 6.54 Å². The second-order valence-electron chi connectivity index (χ2n) is 5.43. The van der Waals surface area contributed by atoms with Crippen LogP contribution in [0.15, 0.2) is 24.3 Å². The highest BCUT2D eigenvalue weighted by atomic mass is 16.3. The van der Waals surface area contributed by atoms with E-state index in [0.29, 0.717) is 19.5 Å². The Balaban J connectivity index is 2.64. The van der Waals surface area contributed by atoms with Gasteiger partial charge in [-0.05, 0) is 18.9 Å². The summed E-state index contributed by atoms with van der Waals surface area (Å²) in [6, 6.07) is 7.65. The Morgan fingerprint density at radius 1 is 1.18 bits per heavy atom. The molecule has 0 aliphatic heterocycles. The highest BCUT2D eigenvalue weighted by Gasteiger charge is 2.15. The Morgan fingerprint density at radius 2 is 1.82 bits per heavy atom. The van der Waals surface area contributed by atoms with Gasteiger partial charge in [0.1, 0.15) is 0 Å². The Bertz CT molecular complexity index is 486. The van der Waals surface area contributed by atoms with Crippen molar-refractivity contribution in [1.29, 1.82) is 0 Å². The van der Waals surface area contributed by atoms with Gasteiger partial charge in [-0.3, -0.25) is 4.79 Å². The van der Waals surface area contributed by atoms with E-state index in [1.165, 1.54) is 4.90 Å². The van der Waals surface area contributed by atoms with E-state index in [4.69, 9.17) is 5.11 Å². The molecule has 0 spiro atoms. The van der Waals surface area contributed by atoms with Crippen LogP contribution in [0.5, 0.6) is 0 Å². The van der Waals surface area contributed by atoms with Gasteiger partial charge in [0, 0.05) is 33.8 Å². The number of aliphatic hydroxyl groups excluding tert-OH is 1. The number of hydrogen-bond donors (Lipinski definition) is 2. The molecule has 1 aromatic carbocycles. The second kappa shape index (κ2) is 9.04. The number of nitrogens with zero attached hydrogens (tertiary/aromatic N) is 2. The molecular weight excluding hydrogens is 282 g/mol. The molecule has 6 nitrogen and oxygen atoms in total. The fourth-order valence-electron chi connectivity index (χ4n) is 1.89. The fraction of sp³-hybridized carbons (Fsp3) is 0.500. The molecule has 1 aromatic rings. The average Bonchev–Trinajstić information content (AvgIpc) is 2.50. The van der Waals surface area contributed by atoms with E-state index >= 15 is 0 Å². The number of aliphatic hydroxyl groups is 1. The molecular formula is C16H25N3O3. The maximum Gasteiger partial charge on any atom is 0.317 e. The predicted octanol–water partition coefficient (Wildman–Crippen LogP) is 0.977. The molecule has 0 fully saturated rings. The smallest absolute Gasteiger partial charge is 0.317 e. The number of aryl methyl sites for hydroxylation is 1. The monoisotopic (exact) mass is 307 g/mol. The second-order valence-corrected chi connectivity index (χ2v) is 5.43. The van der Waals surface area contributed by atoms with Gasteiger partial charge in [-0.25, -0.2) is 4.79 Å². The highest BCUT2D eigenvalue weighted by Crippen LogP contribution is 2.08. The average molecular weight is 307 g/mol. The SMILES string of the molecule is Cc1ccc(CN(CCCO)C(=O)CNC(=O)N(C)C)cc1. The third kappa shape index (κ3) is 6.13. The summed E-state index contributed by atoms with van der Waals surface area (Å²) in [6.45, 7) is 2.92. The quantitative estimate of drug-likeness (QED) is 0.788. The lowest BCUT2D eigenvalue weighted by Gasteiger charge is -2.23. The van der Waals surface area contributed by atoms with Crippen molar-refractivity contribution in [2.24, 2.45) is 0 Å². The molecule has 0 saturated carbocycles. The summed E-state index contributed by atoms with van der Waals surface area (Å²) in [6.07, 6.45) is 0.513. The van der Waals surface area contributed by atoms with Crippen molar-refractivity contribution in [1.82, 2.24) is 15.1 Å². The number of carbonyl (C=O) groups excluding carboxylic acids is 2. The van der Waals surface area contributed by atoms with Crippen molar-refractivity contribution < 1.29 is 14.7 Å². The molecule has 3 amide bonds. The Labute approximate surface area is 131 Å². The molecule has 0 heterocycles. The summed E-state index contributed by atoms with van der Waals surface area (Å²) in [5.74, 6) is -0.163. The van der Waals surface area contributed by atoms with Gasteiger partial charge in [-0.2, -0.15) is 0 Å². The molecule has 2 N–H and O–H groups in total. The molecule has 0 aliphatic rings. The van der Waals surface area contributed by atoms with Crippen LogP contribution in [-0.4, -0.2) is 60.6 Å². The maximum absolute atomic E-state index is 12.3. The summed E-state index contributed by atoms with van der Waals surface area (Å²) in [5, 5.41) is 11.5. The zero-order valence-electron chi connectivity index (χ0n) is 13.5. The van der Waals surface area contributed by atoms with E-state index in [9.17, 15) is 9.59 Å². The summed E-state index contributed by atoms with van der Waals surface area (Å²) < 4.78 is 0. The maximum atomic E-state index is 12.3. The topological polar surface area (TPSA) is 72.9 Å². The highest BCUT2D eigenvalue weighted by molar-refractivity contribution is 5.83. The number of hydrogen-bond acceptors (Lipinski definition) is 3. The Hall–Kier alpha value is -2.08. The van der Waals surface area contributed by atoms with Crippen LogP contribution in [0.2, 0.25) is 0 Å². The van der Waals surface area contributed by atoms with Crippen molar-refractivity contribution in [2.45, 2.75) is 19.9 Å². The normalized spacial score (nSPS) is 10.2. The lowest BCUT2D eigenvalue weighted by Crippen LogP contribution is -2.43. The third-order valence-electron chi connectivity index (χ3n) is 3.23. The van der Waals surface area contributed by atoms with Crippen molar-refractivity contribution in [3.05, 3.63) is 35.4 Å². The number of urea groups is 1. The number of rotatable bonds is 7. The molecule has 0 radical (unpaired) electrons. The molecule has 0 saturated heterocycles. The number of amides is 3. The van der Waals surface area contributed by atoms with Crippen LogP contribution < -0.4 is 5.32 Å². The molecule has 122 valence electrons. The molecule has 0 aromatic heterocycles. The molecule has 1 rings (SSSR count). The number of benzene rings is 1. The fourth-order valence-corrected chi connectivity index (χ4v) is 1.89. The minimum absolute atomic E-state index is 0.0295. The van der Waals surface area contributed by atoms with Crippen LogP contribution in [0.4, 0.5) is 4.79 Å². The van der Waals surface area contributed by atoms with Crippen LogP contribution in [0.1, 0.15) is 17.5 Å². The van der Waals surface area contributed by atoms with Crippen LogP contribution in [0.3, 0.4) is 0 Å². The van der Waals surface area contributed by atoms with Gasteiger partial charge in [-0.1, -0.05) is 29.8 Å². The summed E-state index contributed by atoms with van der Waals surface area (Å²) in [4.78, 5) is 26.8. The Morgan fingerprint density at radius 3 is 2.36 bits per heavy atom. The first-order chi connectivity index (χ1) is 10.4. The van der Waals surface area contributed by atoms with E-state index in [1.54, 1.807) is 19.0 Å². The molecule has 6 heteroatoms. The van der Waals surface area contributed by atoms with Gasteiger partial charge in [-0.15, -0.1) is 0 Å². The molecule has 0 aliphatic carbocycles. The minimum atomic E-state index is -0.300. The zero-order valence-corrected chi connectivity index (χ0v) is 13.5. The zero-order chi connectivity index (χ0) is 16.5. The summed E-state index contributed by atoms with van der Waals surface area (Å²) in [7, 11) is 3.24. The van der Waals surface area contributed by atoms with Gasteiger partial charge in [0.15, 0.2) is 0 Å². The van der Waals surface area contributed by atoms with E-state index < -0.39 is 0 Å². The first kappa shape index (κ1) is 18.0. The number of carbonyl (C=O) groups is 2. The first-order valence-corrected chi connectivity index (χ1v) is 7.33. The minimum Gasteiger partial charge on any atom is -0.396 e. The van der Waals surface area contributed by atoms with Gasteiger partial charge >= 0.3 is 6.03 Å². The molecule has 0 bridgehead atoms. The van der Waals surface area contributed by atoms with E-state index in [-0.39, 0.29) is 25.1 Å². The van der Waals surface area contributed by atoms with E-state index in [0.717, 1.165) is 11.1 Å². The van der Waals surface area contributed by atoms with Gasteiger partial charge in [0.2, 0.25) is 5.91 Å². The number of nitrogens with one attached hydrogen (secondary N) is 1. The van der Waals surface area contributed by atoms with Crippen LogP contribution in [-0.2, 0) is 11.3 Å². The van der Waals surface area contributed by atoms with Crippen molar-refractivity contribution >= 4 is 11.9 Å². The standard InChI is InChI=1S/C16H25N3O3/c1-13-5-7-14(8-6-13)12-19(9-4-10-20)15(21)11-17-16(22)18(2)3/h5-8,20H,4,9-12H2,1-3H3,(H,17,22). The summed E-state index contributed by atoms with van der Waals surface area (Å²) in [5.41, 5.74) is 2.19. The Kier molecular flexibility index (Phi) is 7.39. The predicted molar refractivity (Wildman–Crippen MR) is 85.4 cm³/mol.